The topological polar surface area (TPSA) is 61.2 Å². The monoisotopic (exact) mass is 428 g/mol. The van der Waals surface area contributed by atoms with Gasteiger partial charge in [-0.05, 0) is 56.2 Å². The van der Waals surface area contributed by atoms with Crippen LogP contribution in [0.3, 0.4) is 0 Å². The van der Waals surface area contributed by atoms with Crippen molar-refractivity contribution in [2.45, 2.75) is 31.0 Å². The molecule has 0 N–H and O–H groups in total. The van der Waals surface area contributed by atoms with Crippen LogP contribution in [0.1, 0.15) is 28.4 Å². The lowest BCUT2D eigenvalue weighted by Crippen LogP contribution is -2.23. The van der Waals surface area contributed by atoms with Crippen LogP contribution in [0.2, 0.25) is 5.02 Å². The van der Waals surface area contributed by atoms with Gasteiger partial charge in [0.1, 0.15) is 5.75 Å². The molecule has 0 saturated heterocycles. The summed E-state index contributed by atoms with van der Waals surface area (Å²) in [5.74, 6) is 0.488. The normalized spacial score (nSPS) is 11.9. The van der Waals surface area contributed by atoms with E-state index in [1.54, 1.807) is 31.3 Å². The third kappa shape index (κ3) is 4.54. The van der Waals surface area contributed by atoms with Crippen LogP contribution >= 0.6 is 23.4 Å². The van der Waals surface area contributed by atoms with Gasteiger partial charge in [0.25, 0.3) is 5.56 Å². The van der Waals surface area contributed by atoms with E-state index in [2.05, 4.69) is 4.98 Å². The summed E-state index contributed by atoms with van der Waals surface area (Å²) in [6.07, 6.45) is 3.11. The summed E-state index contributed by atoms with van der Waals surface area (Å²) in [5, 5.41) is 0.206. The van der Waals surface area contributed by atoms with Crippen LogP contribution in [0, 0.1) is 13.8 Å². The molecule has 150 valence electrons. The molecule has 0 amide bonds. The summed E-state index contributed by atoms with van der Waals surface area (Å²) in [7, 11) is 1.53. The molecule has 2 aromatic carbocycles. The molecule has 3 rings (SSSR count). The number of Topliss-reactive ketones (excluding diaryl/α,β-unsaturated/α-hetero) is 1. The van der Waals surface area contributed by atoms with E-state index in [1.165, 1.54) is 17.9 Å². The first-order chi connectivity index (χ1) is 13.8. The number of hydrogen-bond donors (Lipinski definition) is 0. The molecule has 0 aliphatic rings. The molecule has 29 heavy (non-hydrogen) atoms. The van der Waals surface area contributed by atoms with E-state index >= 15 is 0 Å². The minimum Gasteiger partial charge on any atom is -0.495 e. The van der Waals surface area contributed by atoms with Crippen molar-refractivity contribution in [3.8, 4) is 11.4 Å². The van der Waals surface area contributed by atoms with Gasteiger partial charge in [-0.1, -0.05) is 35.5 Å². The Balaban J connectivity index is 1.87. The number of hydrogen-bond acceptors (Lipinski definition) is 5. The maximum atomic E-state index is 12.9. The highest BCUT2D eigenvalue weighted by molar-refractivity contribution is 8.00. The standard InChI is InChI=1S/C22H21ClN2O3S/c1-13-5-6-16(11-14(13)2)20(26)15(3)29-21-22(27)25(10-9-24-21)17-7-8-19(28-4)18(23)12-17/h5-12,15H,1-4H3/t15-/m1/s1. The van der Waals surface area contributed by atoms with E-state index in [-0.39, 0.29) is 16.4 Å². The zero-order valence-electron chi connectivity index (χ0n) is 16.6. The van der Waals surface area contributed by atoms with Gasteiger partial charge in [0, 0.05) is 18.0 Å². The third-order valence-corrected chi connectivity index (χ3v) is 6.04. The molecular formula is C22H21ClN2O3S. The Bertz CT molecular complexity index is 1130. The van der Waals surface area contributed by atoms with Crippen molar-refractivity contribution in [2.24, 2.45) is 0 Å². The predicted octanol–water partition coefficient (Wildman–Crippen LogP) is 4.87. The number of carbonyl (C=O) groups excluding carboxylic acids is 1. The molecule has 1 atom stereocenters. The van der Waals surface area contributed by atoms with Crippen molar-refractivity contribution in [3.05, 3.63) is 80.9 Å². The largest absolute Gasteiger partial charge is 0.495 e. The Morgan fingerprint density at radius 2 is 1.93 bits per heavy atom. The molecule has 0 spiro atoms. The molecule has 0 unspecified atom stereocenters. The first kappa shape index (κ1) is 21.1. The Hall–Kier alpha value is -2.57. The van der Waals surface area contributed by atoms with Crippen LogP contribution in [0.25, 0.3) is 5.69 Å². The van der Waals surface area contributed by atoms with Gasteiger partial charge in [-0.2, -0.15) is 0 Å². The second-order valence-electron chi connectivity index (χ2n) is 6.65. The summed E-state index contributed by atoms with van der Waals surface area (Å²) >= 11 is 7.34. The second kappa shape index (κ2) is 8.84. The van der Waals surface area contributed by atoms with Gasteiger partial charge in [-0.25, -0.2) is 4.98 Å². The van der Waals surface area contributed by atoms with Crippen molar-refractivity contribution in [3.63, 3.8) is 0 Å². The summed E-state index contributed by atoms with van der Waals surface area (Å²) < 4.78 is 6.61. The maximum Gasteiger partial charge on any atom is 0.287 e. The van der Waals surface area contributed by atoms with E-state index in [0.29, 0.717) is 22.0 Å². The van der Waals surface area contributed by atoms with Gasteiger partial charge in [-0.3, -0.25) is 14.2 Å². The number of thioether (sulfide) groups is 1. The van der Waals surface area contributed by atoms with Crippen LogP contribution < -0.4 is 10.3 Å². The molecule has 1 heterocycles. The summed E-state index contributed by atoms with van der Waals surface area (Å²) in [6.45, 7) is 5.76. The average Bonchev–Trinajstić information content (AvgIpc) is 2.71. The third-order valence-electron chi connectivity index (χ3n) is 4.67. The Labute approximate surface area is 178 Å². The zero-order valence-corrected chi connectivity index (χ0v) is 18.2. The quantitative estimate of drug-likeness (QED) is 0.414. The maximum absolute atomic E-state index is 12.9. The van der Waals surface area contributed by atoms with Crippen molar-refractivity contribution in [2.75, 3.05) is 7.11 Å². The van der Waals surface area contributed by atoms with E-state index in [9.17, 15) is 9.59 Å². The van der Waals surface area contributed by atoms with Gasteiger partial charge in [0.2, 0.25) is 0 Å². The van der Waals surface area contributed by atoms with Crippen molar-refractivity contribution in [1.29, 1.82) is 0 Å². The highest BCUT2D eigenvalue weighted by atomic mass is 35.5. The van der Waals surface area contributed by atoms with Gasteiger partial charge >= 0.3 is 0 Å². The average molecular weight is 429 g/mol. The lowest BCUT2D eigenvalue weighted by atomic mass is 10.0. The molecule has 0 radical (unpaired) electrons. The molecule has 5 nitrogen and oxygen atoms in total. The number of aryl methyl sites for hydroxylation is 2. The van der Waals surface area contributed by atoms with Gasteiger partial charge in [0.15, 0.2) is 10.8 Å². The molecule has 0 bridgehead atoms. The fourth-order valence-corrected chi connectivity index (χ4v) is 3.98. The Kier molecular flexibility index (Phi) is 6.45. The number of methoxy groups -OCH3 is 1. The van der Waals surface area contributed by atoms with Crippen LogP contribution in [0.15, 0.2) is 58.6 Å². The Morgan fingerprint density at radius 3 is 2.59 bits per heavy atom. The van der Waals surface area contributed by atoms with Gasteiger partial charge in [-0.15, -0.1) is 0 Å². The first-order valence-electron chi connectivity index (χ1n) is 9.01. The molecular weight excluding hydrogens is 408 g/mol. The number of benzene rings is 2. The van der Waals surface area contributed by atoms with E-state index in [0.717, 1.165) is 22.9 Å². The molecule has 3 aromatic rings. The van der Waals surface area contributed by atoms with Crippen LogP contribution in [-0.2, 0) is 0 Å². The first-order valence-corrected chi connectivity index (χ1v) is 10.3. The predicted molar refractivity (Wildman–Crippen MR) is 117 cm³/mol. The summed E-state index contributed by atoms with van der Waals surface area (Å²) in [4.78, 5) is 29.9. The van der Waals surface area contributed by atoms with Crippen LogP contribution in [0.5, 0.6) is 5.75 Å². The number of ether oxygens (including phenoxy) is 1. The Morgan fingerprint density at radius 1 is 1.17 bits per heavy atom. The number of carbonyl (C=O) groups is 1. The minimum atomic E-state index is -0.451. The lowest BCUT2D eigenvalue weighted by Gasteiger charge is -2.13. The molecule has 1 aromatic heterocycles. The van der Waals surface area contributed by atoms with Gasteiger partial charge < -0.3 is 4.74 Å². The molecule has 0 aliphatic heterocycles. The van der Waals surface area contributed by atoms with Gasteiger partial charge in [0.05, 0.1) is 23.1 Å². The number of halogens is 1. The number of nitrogens with zero attached hydrogens (tertiary/aromatic N) is 2. The minimum absolute atomic E-state index is 0.0396. The molecule has 0 aliphatic carbocycles. The number of ketones is 1. The zero-order chi connectivity index (χ0) is 21.1. The molecule has 7 heteroatoms. The molecule has 0 saturated carbocycles. The highest BCUT2D eigenvalue weighted by Gasteiger charge is 2.20. The summed E-state index contributed by atoms with van der Waals surface area (Å²) in [6, 6.07) is 10.7. The fraction of sp³-hybridized carbons (Fsp3) is 0.227. The number of aromatic nitrogens is 2. The van der Waals surface area contributed by atoms with Crippen LogP contribution in [0.4, 0.5) is 0 Å². The number of rotatable bonds is 6. The van der Waals surface area contributed by atoms with Crippen molar-refractivity contribution in [1.82, 2.24) is 9.55 Å². The SMILES string of the molecule is COc1ccc(-n2ccnc(S[C@H](C)C(=O)c3ccc(C)c(C)c3)c2=O)cc1Cl. The fourth-order valence-electron chi connectivity index (χ4n) is 2.83. The van der Waals surface area contributed by atoms with Crippen LogP contribution in [-0.4, -0.2) is 27.7 Å². The summed E-state index contributed by atoms with van der Waals surface area (Å²) in [5.41, 5.74) is 3.11. The van der Waals surface area contributed by atoms with Crippen molar-refractivity contribution < 1.29 is 9.53 Å². The molecule has 0 fully saturated rings. The van der Waals surface area contributed by atoms with E-state index in [4.69, 9.17) is 16.3 Å². The lowest BCUT2D eigenvalue weighted by molar-refractivity contribution is 0.0994. The smallest absolute Gasteiger partial charge is 0.287 e. The van der Waals surface area contributed by atoms with E-state index in [1.807, 2.05) is 32.0 Å². The second-order valence-corrected chi connectivity index (χ2v) is 8.39. The van der Waals surface area contributed by atoms with Crippen molar-refractivity contribution >= 4 is 29.1 Å². The highest BCUT2D eigenvalue weighted by Crippen LogP contribution is 2.27. The van der Waals surface area contributed by atoms with E-state index < -0.39 is 5.25 Å².